The molecule has 1 N–H and O–H groups in total. The van der Waals surface area contributed by atoms with Gasteiger partial charge in [0.25, 0.3) is 10.1 Å². The molecule has 1 fully saturated rings. The van der Waals surface area contributed by atoms with Gasteiger partial charge in [0, 0.05) is 19.6 Å². The molecule has 0 aromatic heterocycles. The molecule has 0 radical (unpaired) electrons. The first kappa shape index (κ1) is 11.9. The van der Waals surface area contributed by atoms with Crippen molar-refractivity contribution in [1.29, 1.82) is 0 Å². The highest BCUT2D eigenvalue weighted by Crippen LogP contribution is 2.11. The van der Waals surface area contributed by atoms with E-state index in [1.165, 1.54) is 0 Å². The Labute approximate surface area is 85.4 Å². The Kier molecular flexibility index (Phi) is 3.88. The minimum Gasteiger partial charge on any atom is -0.290 e. The molecule has 1 saturated heterocycles. The summed E-state index contributed by atoms with van der Waals surface area (Å²) in [6.07, 6.45) is 0.869. The van der Waals surface area contributed by atoms with Crippen LogP contribution < -0.4 is 0 Å². The highest BCUT2D eigenvalue weighted by molar-refractivity contribution is 7.85. The minimum atomic E-state index is -3.79. The third-order valence-corrected chi connectivity index (χ3v) is 3.56. The Bertz CT molecular complexity index is 278. The van der Waals surface area contributed by atoms with Crippen molar-refractivity contribution in [3.05, 3.63) is 0 Å². The minimum absolute atomic E-state index is 0.139. The van der Waals surface area contributed by atoms with Gasteiger partial charge in [0.15, 0.2) is 0 Å². The Morgan fingerprint density at radius 3 is 2.50 bits per heavy atom. The molecule has 6 heteroatoms. The highest BCUT2D eigenvalue weighted by atomic mass is 32.2. The normalized spacial score (nSPS) is 25.8. The van der Waals surface area contributed by atoms with Gasteiger partial charge < -0.3 is 0 Å². The van der Waals surface area contributed by atoms with Crippen LogP contribution in [0, 0.1) is 0 Å². The predicted octanol–water partition coefficient (Wildman–Crippen LogP) is -0.142. The molecule has 14 heavy (non-hydrogen) atoms. The van der Waals surface area contributed by atoms with Crippen LogP contribution in [0.15, 0.2) is 0 Å². The van der Waals surface area contributed by atoms with Gasteiger partial charge in [0.2, 0.25) is 0 Å². The summed E-state index contributed by atoms with van der Waals surface area (Å²) in [4.78, 5) is 4.43. The van der Waals surface area contributed by atoms with Crippen LogP contribution in [-0.4, -0.2) is 61.4 Å². The van der Waals surface area contributed by atoms with Gasteiger partial charge in [-0.2, -0.15) is 8.42 Å². The maximum Gasteiger partial charge on any atom is 0.264 e. The SMILES string of the molecule is CC1N(C)CCN1CCCS(=O)(=O)O. The van der Waals surface area contributed by atoms with Crippen molar-refractivity contribution >= 4 is 10.1 Å². The molecule has 1 rings (SSSR count). The zero-order chi connectivity index (χ0) is 10.8. The summed E-state index contributed by atoms with van der Waals surface area (Å²) in [5.74, 6) is -0.139. The van der Waals surface area contributed by atoms with Crippen LogP contribution in [-0.2, 0) is 10.1 Å². The zero-order valence-corrected chi connectivity index (χ0v) is 9.50. The topological polar surface area (TPSA) is 60.9 Å². The first-order valence-corrected chi connectivity index (χ1v) is 6.40. The molecular weight excluding hydrogens is 204 g/mol. The summed E-state index contributed by atoms with van der Waals surface area (Å²) in [5.41, 5.74) is 0. The fourth-order valence-corrected chi connectivity index (χ4v) is 2.18. The van der Waals surface area contributed by atoms with E-state index in [1.54, 1.807) is 0 Å². The van der Waals surface area contributed by atoms with Crippen molar-refractivity contribution in [1.82, 2.24) is 9.80 Å². The van der Waals surface area contributed by atoms with Crippen LogP contribution in [0.3, 0.4) is 0 Å². The second-order valence-corrected chi connectivity index (χ2v) is 5.36. The second-order valence-electron chi connectivity index (χ2n) is 3.79. The fraction of sp³-hybridized carbons (Fsp3) is 1.00. The first-order chi connectivity index (χ1) is 6.40. The monoisotopic (exact) mass is 222 g/mol. The lowest BCUT2D eigenvalue weighted by molar-refractivity contribution is 0.177. The standard InChI is InChI=1S/C8H18N2O3S/c1-8-9(2)5-6-10(8)4-3-7-14(11,12)13/h8H,3-7H2,1-2H3,(H,11,12,13). The lowest BCUT2D eigenvalue weighted by atomic mass is 10.4. The Hall–Kier alpha value is -0.170. The number of rotatable bonds is 4. The molecule has 0 aliphatic carbocycles. The van der Waals surface area contributed by atoms with E-state index in [1.807, 2.05) is 7.05 Å². The smallest absolute Gasteiger partial charge is 0.264 e. The van der Waals surface area contributed by atoms with Crippen LogP contribution in [0.25, 0.3) is 0 Å². The van der Waals surface area contributed by atoms with Gasteiger partial charge in [-0.25, -0.2) is 0 Å². The number of hydrogen-bond donors (Lipinski definition) is 1. The molecule has 1 atom stereocenters. The lowest BCUT2D eigenvalue weighted by Crippen LogP contribution is -2.35. The van der Waals surface area contributed by atoms with Gasteiger partial charge in [-0.05, 0) is 20.4 Å². The van der Waals surface area contributed by atoms with Gasteiger partial charge in [0.1, 0.15) is 0 Å². The van der Waals surface area contributed by atoms with E-state index in [9.17, 15) is 8.42 Å². The Morgan fingerprint density at radius 1 is 1.43 bits per heavy atom. The van der Waals surface area contributed by atoms with E-state index in [-0.39, 0.29) is 5.75 Å². The molecule has 0 aromatic rings. The van der Waals surface area contributed by atoms with E-state index >= 15 is 0 Å². The molecule has 0 saturated carbocycles. The maximum absolute atomic E-state index is 10.5. The summed E-state index contributed by atoms with van der Waals surface area (Å²) in [7, 11) is -1.74. The zero-order valence-electron chi connectivity index (χ0n) is 8.68. The van der Waals surface area contributed by atoms with Gasteiger partial charge in [-0.3, -0.25) is 14.4 Å². The second kappa shape index (κ2) is 4.57. The number of likely N-dealkylation sites (N-methyl/N-ethyl adjacent to an activating group) is 1. The van der Waals surface area contributed by atoms with Gasteiger partial charge in [-0.1, -0.05) is 0 Å². The van der Waals surface area contributed by atoms with Gasteiger partial charge in [-0.15, -0.1) is 0 Å². The molecule has 1 heterocycles. The molecule has 84 valence electrons. The molecule has 0 spiro atoms. The summed E-state index contributed by atoms with van der Waals surface area (Å²) < 4.78 is 29.5. The summed E-state index contributed by atoms with van der Waals surface area (Å²) in [6, 6.07) is 0. The van der Waals surface area contributed by atoms with E-state index in [4.69, 9.17) is 4.55 Å². The lowest BCUT2D eigenvalue weighted by Gasteiger charge is -2.23. The summed E-state index contributed by atoms with van der Waals surface area (Å²) in [5, 5.41) is 0. The Morgan fingerprint density at radius 2 is 2.07 bits per heavy atom. The van der Waals surface area contributed by atoms with Crippen LogP contribution in [0.4, 0.5) is 0 Å². The molecular formula is C8H18N2O3S. The van der Waals surface area contributed by atoms with Crippen molar-refractivity contribution in [3.63, 3.8) is 0 Å². The van der Waals surface area contributed by atoms with Gasteiger partial charge >= 0.3 is 0 Å². The number of nitrogens with zero attached hydrogens (tertiary/aromatic N) is 2. The van der Waals surface area contributed by atoms with Crippen molar-refractivity contribution in [2.24, 2.45) is 0 Å². The highest BCUT2D eigenvalue weighted by Gasteiger charge is 2.24. The molecule has 0 bridgehead atoms. The van der Waals surface area contributed by atoms with Crippen molar-refractivity contribution in [3.8, 4) is 0 Å². The van der Waals surface area contributed by atoms with Crippen LogP contribution in [0.1, 0.15) is 13.3 Å². The first-order valence-electron chi connectivity index (χ1n) is 4.79. The fourth-order valence-electron chi connectivity index (χ4n) is 1.69. The molecule has 1 unspecified atom stereocenters. The molecule has 1 aliphatic rings. The average molecular weight is 222 g/mol. The Balaban J connectivity index is 2.26. The maximum atomic E-state index is 10.5. The molecule has 5 nitrogen and oxygen atoms in total. The van der Waals surface area contributed by atoms with Gasteiger partial charge in [0.05, 0.1) is 11.9 Å². The quantitative estimate of drug-likeness (QED) is 0.671. The van der Waals surface area contributed by atoms with Crippen LogP contribution in [0.5, 0.6) is 0 Å². The van der Waals surface area contributed by atoms with E-state index in [2.05, 4.69) is 16.7 Å². The third kappa shape index (κ3) is 3.53. The largest absolute Gasteiger partial charge is 0.290 e. The summed E-state index contributed by atoms with van der Waals surface area (Å²) >= 11 is 0. The van der Waals surface area contributed by atoms with E-state index in [0.717, 1.165) is 19.6 Å². The molecule has 1 aliphatic heterocycles. The van der Waals surface area contributed by atoms with Crippen LogP contribution >= 0.6 is 0 Å². The van der Waals surface area contributed by atoms with Crippen molar-refractivity contribution in [2.75, 3.05) is 32.4 Å². The summed E-state index contributed by atoms with van der Waals surface area (Å²) in [6.45, 7) is 4.82. The third-order valence-electron chi connectivity index (χ3n) is 2.75. The van der Waals surface area contributed by atoms with E-state index < -0.39 is 10.1 Å². The van der Waals surface area contributed by atoms with Crippen LogP contribution in [0.2, 0.25) is 0 Å². The predicted molar refractivity (Wildman–Crippen MR) is 54.7 cm³/mol. The molecule has 0 amide bonds. The van der Waals surface area contributed by atoms with Crippen molar-refractivity contribution in [2.45, 2.75) is 19.5 Å². The van der Waals surface area contributed by atoms with Crippen molar-refractivity contribution < 1.29 is 13.0 Å². The van der Waals surface area contributed by atoms with E-state index in [0.29, 0.717) is 12.6 Å². The average Bonchev–Trinajstić information content (AvgIpc) is 2.33. The molecule has 0 aromatic carbocycles. The number of hydrogen-bond acceptors (Lipinski definition) is 4.